The zero-order valence-electron chi connectivity index (χ0n) is 11.1. The summed E-state index contributed by atoms with van der Waals surface area (Å²) in [6.45, 7) is 0. The number of rotatable bonds is 4. The molecule has 1 aliphatic carbocycles. The molecule has 0 radical (unpaired) electrons. The van der Waals surface area contributed by atoms with E-state index in [0.29, 0.717) is 12.8 Å². The fourth-order valence-corrected chi connectivity index (χ4v) is 2.99. The number of hydrogen-bond acceptors (Lipinski definition) is 3. The van der Waals surface area contributed by atoms with Crippen molar-refractivity contribution in [2.24, 2.45) is 0 Å². The summed E-state index contributed by atoms with van der Waals surface area (Å²) < 4.78 is 5.55. The average Bonchev–Trinajstić information content (AvgIpc) is 2.72. The number of anilines is 1. The Labute approximate surface area is 112 Å². The molecule has 1 heterocycles. The lowest BCUT2D eigenvalue weighted by molar-refractivity contribution is -0.115. The van der Waals surface area contributed by atoms with Gasteiger partial charge in [0.25, 0.3) is 0 Å². The van der Waals surface area contributed by atoms with E-state index in [1.165, 1.54) is 6.42 Å². The largest absolute Gasteiger partial charge is 0.388 e. The lowest BCUT2D eigenvalue weighted by Gasteiger charge is -2.41. The Bertz CT molecular complexity index is 503. The summed E-state index contributed by atoms with van der Waals surface area (Å²) in [5.41, 5.74) is 2.57. The van der Waals surface area contributed by atoms with Crippen molar-refractivity contribution in [1.29, 1.82) is 0 Å². The Kier molecular flexibility index (Phi) is 3.07. The number of carbonyl (C=O) groups excluding carboxylic acids is 1. The number of nitrogens with one attached hydrogen (secondary N) is 1. The third kappa shape index (κ3) is 2.26. The third-order valence-electron chi connectivity index (χ3n) is 4.40. The number of amides is 1. The topological polar surface area (TPSA) is 58.6 Å². The van der Waals surface area contributed by atoms with Crippen LogP contribution in [0.15, 0.2) is 18.2 Å². The van der Waals surface area contributed by atoms with E-state index in [2.05, 4.69) is 5.32 Å². The molecule has 1 saturated carbocycles. The van der Waals surface area contributed by atoms with Crippen LogP contribution in [0.2, 0.25) is 0 Å². The molecule has 1 aromatic carbocycles. The number of aliphatic hydroxyl groups is 1. The summed E-state index contributed by atoms with van der Waals surface area (Å²) >= 11 is 0. The summed E-state index contributed by atoms with van der Waals surface area (Å²) in [5, 5.41) is 13.2. The third-order valence-corrected chi connectivity index (χ3v) is 4.40. The molecule has 0 bridgehead atoms. The van der Waals surface area contributed by atoms with Gasteiger partial charge in [-0.05, 0) is 36.5 Å². The molecule has 2 N–H and O–H groups in total. The van der Waals surface area contributed by atoms with Gasteiger partial charge in [-0.25, -0.2) is 0 Å². The van der Waals surface area contributed by atoms with E-state index in [0.717, 1.165) is 29.7 Å². The maximum absolute atomic E-state index is 11.3. The van der Waals surface area contributed by atoms with Crippen LogP contribution >= 0.6 is 0 Å². The van der Waals surface area contributed by atoms with Crippen molar-refractivity contribution in [3.8, 4) is 0 Å². The molecule has 1 aliphatic heterocycles. The SMILES string of the molecule is COC1(CC(O)c2ccc3c(c2)CC(=O)N3)CCC1. The van der Waals surface area contributed by atoms with E-state index in [1.54, 1.807) is 7.11 Å². The Morgan fingerprint density at radius 2 is 2.26 bits per heavy atom. The van der Waals surface area contributed by atoms with Crippen molar-refractivity contribution in [3.05, 3.63) is 29.3 Å². The quantitative estimate of drug-likeness (QED) is 0.873. The van der Waals surface area contributed by atoms with E-state index in [9.17, 15) is 9.90 Å². The molecular formula is C15H19NO3. The lowest BCUT2D eigenvalue weighted by atomic mass is 9.75. The van der Waals surface area contributed by atoms with E-state index < -0.39 is 6.10 Å². The highest BCUT2D eigenvalue weighted by molar-refractivity contribution is 5.99. The normalized spacial score (nSPS) is 21.5. The van der Waals surface area contributed by atoms with Crippen LogP contribution in [0.3, 0.4) is 0 Å². The van der Waals surface area contributed by atoms with Gasteiger partial charge in [0.15, 0.2) is 0 Å². The maximum Gasteiger partial charge on any atom is 0.228 e. The minimum absolute atomic E-state index is 0.0222. The molecule has 2 aliphatic rings. The van der Waals surface area contributed by atoms with Gasteiger partial charge in [0.1, 0.15) is 0 Å². The summed E-state index contributed by atoms with van der Waals surface area (Å²) in [6, 6.07) is 5.69. The van der Waals surface area contributed by atoms with E-state index >= 15 is 0 Å². The first-order valence-corrected chi connectivity index (χ1v) is 6.78. The van der Waals surface area contributed by atoms with Gasteiger partial charge in [0.2, 0.25) is 5.91 Å². The van der Waals surface area contributed by atoms with Crippen molar-refractivity contribution >= 4 is 11.6 Å². The first-order chi connectivity index (χ1) is 9.12. The van der Waals surface area contributed by atoms with Crippen LogP contribution < -0.4 is 5.32 Å². The standard InChI is InChI=1S/C15H19NO3/c1-19-15(5-2-6-15)9-13(17)10-3-4-12-11(7-10)8-14(18)16-12/h3-4,7,13,17H,2,5-6,8-9H2,1H3,(H,16,18). The minimum Gasteiger partial charge on any atom is -0.388 e. The lowest BCUT2D eigenvalue weighted by Crippen LogP contribution is -2.40. The number of methoxy groups -OCH3 is 1. The summed E-state index contributed by atoms with van der Waals surface area (Å²) in [6.07, 6.45) is 3.72. The van der Waals surface area contributed by atoms with Crippen molar-refractivity contribution in [3.63, 3.8) is 0 Å². The molecule has 1 unspecified atom stereocenters. The Balaban J connectivity index is 1.75. The summed E-state index contributed by atoms with van der Waals surface area (Å²) in [4.78, 5) is 11.3. The second kappa shape index (κ2) is 4.62. The van der Waals surface area contributed by atoms with Crippen LogP contribution in [-0.2, 0) is 16.0 Å². The molecule has 102 valence electrons. The highest BCUT2D eigenvalue weighted by atomic mass is 16.5. The summed E-state index contributed by atoms with van der Waals surface area (Å²) in [5.74, 6) is 0.0222. The van der Waals surface area contributed by atoms with Gasteiger partial charge in [0, 0.05) is 19.2 Å². The van der Waals surface area contributed by atoms with Crippen molar-refractivity contribution < 1.29 is 14.6 Å². The van der Waals surface area contributed by atoms with E-state index in [1.807, 2.05) is 18.2 Å². The molecule has 4 heteroatoms. The first-order valence-electron chi connectivity index (χ1n) is 6.78. The number of ether oxygens (including phenoxy) is 1. The number of hydrogen-bond donors (Lipinski definition) is 2. The van der Waals surface area contributed by atoms with Crippen LogP contribution in [-0.4, -0.2) is 23.7 Å². The minimum atomic E-state index is -0.527. The zero-order chi connectivity index (χ0) is 13.5. The van der Waals surface area contributed by atoms with Gasteiger partial charge < -0.3 is 15.2 Å². The Hall–Kier alpha value is -1.39. The van der Waals surface area contributed by atoms with Crippen LogP contribution in [0.25, 0.3) is 0 Å². The van der Waals surface area contributed by atoms with Gasteiger partial charge in [0.05, 0.1) is 18.1 Å². The molecule has 0 saturated heterocycles. The molecule has 1 aromatic rings. The number of carbonyl (C=O) groups is 1. The smallest absolute Gasteiger partial charge is 0.228 e. The number of aliphatic hydroxyl groups excluding tert-OH is 1. The molecular weight excluding hydrogens is 242 g/mol. The maximum atomic E-state index is 11.3. The van der Waals surface area contributed by atoms with Crippen LogP contribution in [0, 0.1) is 0 Å². The van der Waals surface area contributed by atoms with Gasteiger partial charge in [-0.3, -0.25) is 4.79 Å². The van der Waals surface area contributed by atoms with Gasteiger partial charge >= 0.3 is 0 Å². The predicted octanol–water partition coefficient (Wildman–Crippen LogP) is 2.17. The molecule has 19 heavy (non-hydrogen) atoms. The molecule has 3 rings (SSSR count). The highest BCUT2D eigenvalue weighted by Gasteiger charge is 2.39. The fraction of sp³-hybridized carbons (Fsp3) is 0.533. The Morgan fingerprint density at radius 3 is 2.89 bits per heavy atom. The van der Waals surface area contributed by atoms with Crippen molar-refractivity contribution in [1.82, 2.24) is 0 Å². The molecule has 1 fully saturated rings. The molecule has 4 nitrogen and oxygen atoms in total. The number of benzene rings is 1. The van der Waals surface area contributed by atoms with Gasteiger partial charge in [-0.1, -0.05) is 12.1 Å². The van der Waals surface area contributed by atoms with E-state index in [4.69, 9.17) is 4.74 Å². The highest BCUT2D eigenvalue weighted by Crippen LogP contribution is 2.42. The van der Waals surface area contributed by atoms with Crippen molar-refractivity contribution in [2.45, 2.75) is 43.8 Å². The number of fused-ring (bicyclic) bond motifs is 1. The molecule has 0 spiro atoms. The van der Waals surface area contributed by atoms with Crippen LogP contribution in [0.4, 0.5) is 5.69 Å². The van der Waals surface area contributed by atoms with Gasteiger partial charge in [-0.2, -0.15) is 0 Å². The van der Waals surface area contributed by atoms with E-state index in [-0.39, 0.29) is 11.5 Å². The second-order valence-electron chi connectivity index (χ2n) is 5.60. The average molecular weight is 261 g/mol. The van der Waals surface area contributed by atoms with Crippen molar-refractivity contribution in [2.75, 3.05) is 12.4 Å². The second-order valence-corrected chi connectivity index (χ2v) is 5.60. The summed E-state index contributed by atoms with van der Waals surface area (Å²) in [7, 11) is 1.72. The monoisotopic (exact) mass is 261 g/mol. The van der Waals surface area contributed by atoms with Crippen LogP contribution in [0.5, 0.6) is 0 Å². The molecule has 0 aromatic heterocycles. The predicted molar refractivity (Wildman–Crippen MR) is 71.9 cm³/mol. The zero-order valence-corrected chi connectivity index (χ0v) is 11.1. The molecule has 1 amide bonds. The Morgan fingerprint density at radius 1 is 1.47 bits per heavy atom. The fourth-order valence-electron chi connectivity index (χ4n) is 2.99. The van der Waals surface area contributed by atoms with Gasteiger partial charge in [-0.15, -0.1) is 0 Å². The molecule has 1 atom stereocenters. The van der Waals surface area contributed by atoms with Crippen LogP contribution in [0.1, 0.15) is 42.9 Å². The first kappa shape index (κ1) is 12.6.